The highest BCUT2D eigenvalue weighted by atomic mass is 79.9. The number of anilines is 1. The molecule has 106 valence electrons. The summed E-state index contributed by atoms with van der Waals surface area (Å²) < 4.78 is 6.53. The molecule has 1 amide bonds. The Labute approximate surface area is 131 Å². The fourth-order valence-electron chi connectivity index (χ4n) is 2.14. The average Bonchev–Trinajstić information content (AvgIpc) is 2.86. The van der Waals surface area contributed by atoms with E-state index in [4.69, 9.17) is 4.42 Å². The number of hydrogen-bond acceptors (Lipinski definition) is 2. The van der Waals surface area contributed by atoms with Crippen molar-refractivity contribution in [2.24, 2.45) is 0 Å². The molecule has 21 heavy (non-hydrogen) atoms. The van der Waals surface area contributed by atoms with Gasteiger partial charge < -0.3 is 9.73 Å². The summed E-state index contributed by atoms with van der Waals surface area (Å²) in [7, 11) is 0. The molecule has 0 aliphatic heterocycles. The highest BCUT2D eigenvalue weighted by molar-refractivity contribution is 9.10. The highest BCUT2D eigenvalue weighted by Gasteiger charge is 2.13. The quantitative estimate of drug-likeness (QED) is 0.706. The molecule has 1 aromatic heterocycles. The van der Waals surface area contributed by atoms with Crippen LogP contribution in [0.3, 0.4) is 0 Å². The molecule has 0 atom stereocenters. The van der Waals surface area contributed by atoms with Gasteiger partial charge >= 0.3 is 0 Å². The molecule has 2 aromatic carbocycles. The second-order valence-electron chi connectivity index (χ2n) is 5.05. The lowest BCUT2D eigenvalue weighted by Gasteiger charge is -2.06. The fraction of sp³-hybridized carbons (Fsp3) is 0.118. The Bertz CT molecular complexity index is 836. The summed E-state index contributed by atoms with van der Waals surface area (Å²) in [5.74, 6) is 0.0619. The van der Waals surface area contributed by atoms with Gasteiger partial charge in [-0.1, -0.05) is 22.0 Å². The third-order valence-corrected chi connectivity index (χ3v) is 3.96. The topological polar surface area (TPSA) is 42.2 Å². The third kappa shape index (κ3) is 2.85. The fourth-order valence-corrected chi connectivity index (χ4v) is 2.52. The molecule has 3 rings (SSSR count). The number of rotatable bonds is 2. The molecular weight excluding hydrogens is 330 g/mol. The summed E-state index contributed by atoms with van der Waals surface area (Å²) >= 11 is 3.40. The summed E-state index contributed by atoms with van der Waals surface area (Å²) in [6.45, 7) is 4.06. The molecule has 0 aliphatic carbocycles. The number of amides is 1. The summed E-state index contributed by atoms with van der Waals surface area (Å²) in [5.41, 5.74) is 3.80. The number of benzene rings is 2. The maximum absolute atomic E-state index is 12.2. The van der Waals surface area contributed by atoms with Crippen LogP contribution < -0.4 is 5.32 Å². The van der Waals surface area contributed by atoms with Gasteiger partial charge in [-0.15, -0.1) is 0 Å². The molecule has 0 spiro atoms. The third-order valence-electron chi connectivity index (χ3n) is 3.47. The van der Waals surface area contributed by atoms with Gasteiger partial charge in [0.1, 0.15) is 5.58 Å². The van der Waals surface area contributed by atoms with Crippen molar-refractivity contribution < 1.29 is 9.21 Å². The van der Waals surface area contributed by atoms with E-state index in [2.05, 4.69) is 21.2 Å². The molecule has 0 saturated heterocycles. The van der Waals surface area contributed by atoms with Gasteiger partial charge in [0.15, 0.2) is 5.76 Å². The van der Waals surface area contributed by atoms with Crippen LogP contribution in [0.5, 0.6) is 0 Å². The summed E-state index contributed by atoms with van der Waals surface area (Å²) in [6, 6.07) is 13.2. The van der Waals surface area contributed by atoms with E-state index in [1.807, 2.05) is 50.2 Å². The summed E-state index contributed by atoms with van der Waals surface area (Å²) in [4.78, 5) is 12.2. The van der Waals surface area contributed by atoms with Crippen molar-refractivity contribution in [2.45, 2.75) is 13.8 Å². The van der Waals surface area contributed by atoms with Crippen LogP contribution in [0.15, 0.2) is 51.4 Å². The normalized spacial score (nSPS) is 10.8. The molecule has 0 bridgehead atoms. The minimum absolute atomic E-state index is 0.245. The Morgan fingerprint density at radius 3 is 2.62 bits per heavy atom. The molecule has 0 saturated carbocycles. The van der Waals surface area contributed by atoms with Crippen molar-refractivity contribution >= 4 is 38.5 Å². The molecule has 3 aromatic rings. The van der Waals surface area contributed by atoms with Gasteiger partial charge in [0.05, 0.1) is 0 Å². The standard InChI is InChI=1S/C17H14BrNO2/c1-10-3-5-14(7-11(10)2)19-17(20)16-9-12-8-13(18)4-6-15(12)21-16/h3-9H,1-2H3,(H,19,20). The number of nitrogens with one attached hydrogen (secondary N) is 1. The zero-order valence-electron chi connectivity index (χ0n) is 11.7. The van der Waals surface area contributed by atoms with E-state index in [-0.39, 0.29) is 5.91 Å². The molecule has 4 heteroatoms. The first-order valence-electron chi connectivity index (χ1n) is 6.60. The SMILES string of the molecule is Cc1ccc(NC(=O)c2cc3cc(Br)ccc3o2)cc1C. The van der Waals surface area contributed by atoms with E-state index < -0.39 is 0 Å². The van der Waals surface area contributed by atoms with Crippen molar-refractivity contribution in [1.29, 1.82) is 0 Å². The molecule has 0 fully saturated rings. The van der Waals surface area contributed by atoms with Crippen LogP contribution >= 0.6 is 15.9 Å². The number of hydrogen-bond donors (Lipinski definition) is 1. The maximum Gasteiger partial charge on any atom is 0.291 e. The first kappa shape index (κ1) is 13.9. The predicted octanol–water partition coefficient (Wildman–Crippen LogP) is 5.06. The van der Waals surface area contributed by atoms with Gasteiger partial charge in [0, 0.05) is 15.5 Å². The monoisotopic (exact) mass is 343 g/mol. The van der Waals surface area contributed by atoms with E-state index in [1.54, 1.807) is 6.07 Å². The number of fused-ring (bicyclic) bond motifs is 1. The average molecular weight is 344 g/mol. The maximum atomic E-state index is 12.2. The van der Waals surface area contributed by atoms with Crippen molar-refractivity contribution in [3.05, 3.63) is 63.8 Å². The summed E-state index contributed by atoms with van der Waals surface area (Å²) in [6.07, 6.45) is 0. The Kier molecular flexibility index (Phi) is 3.55. The van der Waals surface area contributed by atoms with Crippen LogP contribution in [-0.4, -0.2) is 5.91 Å². The largest absolute Gasteiger partial charge is 0.451 e. The first-order chi connectivity index (χ1) is 10.0. The molecule has 0 aliphatic rings. The zero-order valence-corrected chi connectivity index (χ0v) is 13.3. The van der Waals surface area contributed by atoms with Gasteiger partial charge in [-0.2, -0.15) is 0 Å². The van der Waals surface area contributed by atoms with Crippen LogP contribution in [0.2, 0.25) is 0 Å². The van der Waals surface area contributed by atoms with Crippen LogP contribution in [0.4, 0.5) is 5.69 Å². The van der Waals surface area contributed by atoms with E-state index in [1.165, 1.54) is 5.56 Å². The van der Waals surface area contributed by atoms with Crippen LogP contribution in [0.25, 0.3) is 11.0 Å². The second-order valence-corrected chi connectivity index (χ2v) is 5.96. The lowest BCUT2D eigenvalue weighted by Crippen LogP contribution is -2.10. The van der Waals surface area contributed by atoms with Crippen LogP contribution in [0.1, 0.15) is 21.7 Å². The van der Waals surface area contributed by atoms with Gasteiger partial charge in [-0.3, -0.25) is 4.79 Å². The number of halogens is 1. The van der Waals surface area contributed by atoms with Crippen LogP contribution in [-0.2, 0) is 0 Å². The number of carbonyl (C=O) groups is 1. The van der Waals surface area contributed by atoms with Crippen molar-refractivity contribution in [1.82, 2.24) is 0 Å². The van der Waals surface area contributed by atoms with Gasteiger partial charge in [-0.25, -0.2) is 0 Å². The van der Waals surface area contributed by atoms with Gasteiger partial charge in [-0.05, 0) is 61.4 Å². The highest BCUT2D eigenvalue weighted by Crippen LogP contribution is 2.24. The molecule has 1 N–H and O–H groups in total. The van der Waals surface area contributed by atoms with Gasteiger partial charge in [0.2, 0.25) is 0 Å². The molecule has 0 radical (unpaired) electrons. The second kappa shape index (κ2) is 5.37. The molecule has 3 nitrogen and oxygen atoms in total. The van der Waals surface area contributed by atoms with E-state index in [0.717, 1.165) is 21.1 Å². The number of furan rings is 1. The van der Waals surface area contributed by atoms with Gasteiger partial charge in [0.25, 0.3) is 5.91 Å². The molecule has 0 unspecified atom stereocenters. The van der Waals surface area contributed by atoms with E-state index in [9.17, 15) is 4.79 Å². The van der Waals surface area contributed by atoms with Crippen LogP contribution in [0, 0.1) is 13.8 Å². The Hall–Kier alpha value is -2.07. The molecule has 1 heterocycles. The number of aryl methyl sites for hydroxylation is 2. The Balaban J connectivity index is 1.87. The van der Waals surface area contributed by atoms with Crippen molar-refractivity contribution in [2.75, 3.05) is 5.32 Å². The van der Waals surface area contributed by atoms with E-state index >= 15 is 0 Å². The Morgan fingerprint density at radius 1 is 1.05 bits per heavy atom. The Morgan fingerprint density at radius 2 is 1.86 bits per heavy atom. The van der Waals surface area contributed by atoms with E-state index in [0.29, 0.717) is 11.3 Å². The molecular formula is C17H14BrNO2. The lowest BCUT2D eigenvalue weighted by atomic mass is 10.1. The first-order valence-corrected chi connectivity index (χ1v) is 7.40. The smallest absolute Gasteiger partial charge is 0.291 e. The number of carbonyl (C=O) groups excluding carboxylic acids is 1. The lowest BCUT2D eigenvalue weighted by molar-refractivity contribution is 0.0998. The van der Waals surface area contributed by atoms with Crippen molar-refractivity contribution in [3.8, 4) is 0 Å². The zero-order chi connectivity index (χ0) is 15.0. The van der Waals surface area contributed by atoms with Crippen molar-refractivity contribution in [3.63, 3.8) is 0 Å². The predicted molar refractivity (Wildman–Crippen MR) is 87.8 cm³/mol. The minimum Gasteiger partial charge on any atom is -0.451 e. The minimum atomic E-state index is -0.245. The summed E-state index contributed by atoms with van der Waals surface area (Å²) in [5, 5.41) is 3.76.